The average Bonchev–Trinajstić information content (AvgIpc) is 2.02. The van der Waals surface area contributed by atoms with Crippen LogP contribution in [0.5, 0.6) is 0 Å². The minimum absolute atomic E-state index is 0.0708. The van der Waals surface area contributed by atoms with E-state index in [1.165, 1.54) is 6.92 Å². The van der Waals surface area contributed by atoms with Gasteiger partial charge in [-0.25, -0.2) is 5.84 Å². The zero-order valence-electron chi connectivity index (χ0n) is 6.67. The van der Waals surface area contributed by atoms with Gasteiger partial charge in [0.1, 0.15) is 6.10 Å². The van der Waals surface area contributed by atoms with Gasteiger partial charge in [-0.1, -0.05) is 15.9 Å². The van der Waals surface area contributed by atoms with Gasteiger partial charge >= 0.3 is 5.97 Å². The Morgan fingerprint density at radius 2 is 2.25 bits per heavy atom. The van der Waals surface area contributed by atoms with Crippen molar-refractivity contribution in [3.05, 3.63) is 0 Å². The Morgan fingerprint density at radius 1 is 1.67 bits per heavy atom. The molecule has 1 atom stereocenters. The fourth-order valence-electron chi connectivity index (χ4n) is 0.628. The summed E-state index contributed by atoms with van der Waals surface area (Å²) in [5.41, 5.74) is 1.95. The van der Waals surface area contributed by atoms with Crippen LogP contribution in [0.25, 0.3) is 0 Å². The van der Waals surface area contributed by atoms with Crippen LogP contribution in [0.4, 0.5) is 0 Å². The third kappa shape index (κ3) is 5.09. The van der Waals surface area contributed by atoms with E-state index >= 15 is 0 Å². The minimum atomic E-state index is -0.453. The molecule has 0 aliphatic heterocycles. The Labute approximate surface area is 78.7 Å². The molecule has 0 bridgehead atoms. The van der Waals surface area contributed by atoms with Crippen molar-refractivity contribution >= 4 is 27.8 Å². The molecule has 0 rings (SSSR count). The maximum atomic E-state index is 10.7. The molecule has 3 N–H and O–H groups in total. The summed E-state index contributed by atoms with van der Waals surface area (Å²) in [6, 6.07) is 0. The molecule has 0 saturated heterocycles. The van der Waals surface area contributed by atoms with E-state index in [1.807, 2.05) is 5.43 Å². The third-order valence-electron chi connectivity index (χ3n) is 1.08. The van der Waals surface area contributed by atoms with E-state index < -0.39 is 12.1 Å². The zero-order valence-corrected chi connectivity index (χ0v) is 8.26. The first kappa shape index (κ1) is 11.4. The molecular weight excluding hydrogens is 228 g/mol. The normalized spacial score (nSPS) is 11.9. The van der Waals surface area contributed by atoms with Gasteiger partial charge in [0.15, 0.2) is 0 Å². The first-order chi connectivity index (χ1) is 5.60. The van der Waals surface area contributed by atoms with Crippen molar-refractivity contribution in [2.75, 3.05) is 5.33 Å². The van der Waals surface area contributed by atoms with Crippen molar-refractivity contribution in [3.63, 3.8) is 0 Å². The molecule has 0 aromatic heterocycles. The van der Waals surface area contributed by atoms with Crippen molar-refractivity contribution in [2.45, 2.75) is 19.4 Å². The molecule has 0 saturated carbocycles. The van der Waals surface area contributed by atoms with Gasteiger partial charge < -0.3 is 4.74 Å². The van der Waals surface area contributed by atoms with E-state index in [2.05, 4.69) is 15.9 Å². The number of amides is 1. The fraction of sp³-hybridized carbons (Fsp3) is 0.667. The largest absolute Gasteiger partial charge is 0.461 e. The summed E-state index contributed by atoms with van der Waals surface area (Å²) in [6.45, 7) is 1.29. The van der Waals surface area contributed by atoms with Gasteiger partial charge in [0, 0.05) is 12.3 Å². The van der Waals surface area contributed by atoms with E-state index in [0.29, 0.717) is 5.33 Å². The predicted octanol–water partition coefficient (Wildman–Crippen LogP) is -0.307. The Hall–Kier alpha value is -0.620. The van der Waals surface area contributed by atoms with Crippen LogP contribution < -0.4 is 11.3 Å². The number of carbonyl (C=O) groups excluding carboxylic acids is 2. The second kappa shape index (κ2) is 5.96. The quantitative estimate of drug-likeness (QED) is 0.232. The lowest BCUT2D eigenvalue weighted by molar-refractivity contribution is -0.146. The predicted molar refractivity (Wildman–Crippen MR) is 46.3 cm³/mol. The number of hydrogen-bond donors (Lipinski definition) is 2. The topological polar surface area (TPSA) is 81.4 Å². The van der Waals surface area contributed by atoms with Gasteiger partial charge in [0.2, 0.25) is 5.91 Å². The molecule has 0 fully saturated rings. The van der Waals surface area contributed by atoms with Crippen LogP contribution in [0.1, 0.15) is 13.3 Å². The molecule has 5 nitrogen and oxygen atoms in total. The molecule has 0 aliphatic carbocycles. The number of rotatable bonds is 4. The standard InChI is InChI=1S/C6H11BrN2O3/c1-4(10)12-5(3-7)2-6(11)9-8/h5H,2-3,8H2,1H3,(H,9,11)/t5-/m0/s1. The summed E-state index contributed by atoms with van der Waals surface area (Å²) in [6.07, 6.45) is -0.382. The third-order valence-corrected chi connectivity index (χ3v) is 1.80. The first-order valence-corrected chi connectivity index (χ1v) is 4.45. The first-order valence-electron chi connectivity index (χ1n) is 3.32. The van der Waals surface area contributed by atoms with Crippen LogP contribution in [0.3, 0.4) is 0 Å². The lowest BCUT2D eigenvalue weighted by atomic mass is 10.3. The van der Waals surface area contributed by atoms with Gasteiger partial charge in [-0.3, -0.25) is 15.0 Å². The molecule has 0 radical (unpaired) electrons. The SMILES string of the molecule is CC(=O)O[C@H](CBr)CC(=O)NN. The van der Waals surface area contributed by atoms with Crippen molar-refractivity contribution < 1.29 is 14.3 Å². The highest BCUT2D eigenvalue weighted by Gasteiger charge is 2.14. The molecule has 12 heavy (non-hydrogen) atoms. The number of hydrogen-bond acceptors (Lipinski definition) is 4. The molecule has 0 unspecified atom stereocenters. The van der Waals surface area contributed by atoms with Crippen molar-refractivity contribution in [2.24, 2.45) is 5.84 Å². The van der Waals surface area contributed by atoms with Gasteiger partial charge in [0.05, 0.1) is 6.42 Å². The molecule has 0 aromatic rings. The van der Waals surface area contributed by atoms with Crippen LogP contribution in [0.2, 0.25) is 0 Å². The highest BCUT2D eigenvalue weighted by Crippen LogP contribution is 2.02. The monoisotopic (exact) mass is 238 g/mol. The lowest BCUT2D eigenvalue weighted by Crippen LogP contribution is -2.34. The van der Waals surface area contributed by atoms with Gasteiger partial charge in [-0.2, -0.15) is 0 Å². The zero-order chi connectivity index (χ0) is 9.56. The number of ether oxygens (including phenoxy) is 1. The van der Waals surface area contributed by atoms with Crippen LogP contribution in [-0.4, -0.2) is 23.3 Å². The fourth-order valence-corrected chi connectivity index (χ4v) is 0.989. The summed E-state index contributed by atoms with van der Waals surface area (Å²) in [7, 11) is 0. The molecule has 0 aromatic carbocycles. The van der Waals surface area contributed by atoms with Gasteiger partial charge in [-0.05, 0) is 0 Å². The van der Waals surface area contributed by atoms with E-state index in [4.69, 9.17) is 10.6 Å². The van der Waals surface area contributed by atoms with E-state index in [9.17, 15) is 9.59 Å². The van der Waals surface area contributed by atoms with Crippen molar-refractivity contribution in [1.29, 1.82) is 0 Å². The number of nitrogens with one attached hydrogen (secondary N) is 1. The molecule has 70 valence electrons. The van der Waals surface area contributed by atoms with Crippen molar-refractivity contribution in [1.82, 2.24) is 5.43 Å². The summed E-state index contributed by atoms with van der Waals surface area (Å²) in [5.74, 6) is 4.08. The van der Waals surface area contributed by atoms with Crippen LogP contribution in [0, 0.1) is 0 Å². The Morgan fingerprint density at radius 3 is 2.58 bits per heavy atom. The number of carbonyl (C=O) groups is 2. The van der Waals surface area contributed by atoms with E-state index in [1.54, 1.807) is 0 Å². The molecule has 6 heteroatoms. The minimum Gasteiger partial charge on any atom is -0.461 e. The highest BCUT2D eigenvalue weighted by atomic mass is 79.9. The van der Waals surface area contributed by atoms with E-state index in [0.717, 1.165) is 0 Å². The number of esters is 1. The second-order valence-corrected chi connectivity index (χ2v) is 2.80. The smallest absolute Gasteiger partial charge is 0.302 e. The Kier molecular flexibility index (Phi) is 5.65. The molecule has 0 heterocycles. The van der Waals surface area contributed by atoms with Gasteiger partial charge in [-0.15, -0.1) is 0 Å². The molecule has 0 spiro atoms. The maximum absolute atomic E-state index is 10.7. The second-order valence-electron chi connectivity index (χ2n) is 2.16. The number of hydrazine groups is 1. The lowest BCUT2D eigenvalue weighted by Gasteiger charge is -2.12. The highest BCUT2D eigenvalue weighted by molar-refractivity contribution is 9.09. The van der Waals surface area contributed by atoms with Crippen LogP contribution in [0.15, 0.2) is 0 Å². The van der Waals surface area contributed by atoms with Crippen molar-refractivity contribution in [3.8, 4) is 0 Å². The van der Waals surface area contributed by atoms with Crippen LogP contribution >= 0.6 is 15.9 Å². The van der Waals surface area contributed by atoms with Gasteiger partial charge in [0.25, 0.3) is 0 Å². The number of nitrogens with two attached hydrogens (primary N) is 1. The molecule has 0 aliphatic rings. The average molecular weight is 239 g/mol. The summed E-state index contributed by atoms with van der Waals surface area (Å²) < 4.78 is 4.77. The Bertz CT molecular complexity index is 174. The number of halogens is 1. The number of alkyl halides is 1. The summed E-state index contributed by atoms with van der Waals surface area (Å²) in [4.78, 5) is 21.2. The van der Waals surface area contributed by atoms with Crippen LogP contribution in [-0.2, 0) is 14.3 Å². The summed E-state index contributed by atoms with van der Waals surface area (Å²) in [5, 5.41) is 0.417. The molecule has 1 amide bonds. The Balaban J connectivity index is 3.82. The molecular formula is C6H11BrN2O3. The maximum Gasteiger partial charge on any atom is 0.302 e. The van der Waals surface area contributed by atoms with E-state index in [-0.39, 0.29) is 12.3 Å². The summed E-state index contributed by atoms with van der Waals surface area (Å²) >= 11 is 3.10.